The molecule has 354 valence electrons. The summed E-state index contributed by atoms with van der Waals surface area (Å²) in [6.07, 6.45) is 13.5. The first kappa shape index (κ1) is 48.8. The molecule has 1 spiro atoms. The van der Waals surface area contributed by atoms with Gasteiger partial charge in [-0.2, -0.15) is 0 Å². The fourth-order valence-corrected chi connectivity index (χ4v) is 11.0. The summed E-state index contributed by atoms with van der Waals surface area (Å²) >= 11 is 0. The Kier molecular flexibility index (Phi) is 14.2. The number of hydrogen-bond acceptors (Lipinski definition) is 11. The van der Waals surface area contributed by atoms with Crippen molar-refractivity contribution in [2.45, 2.75) is 124 Å². The quantitative estimate of drug-likeness (QED) is 0.0498. The zero-order valence-electron chi connectivity index (χ0n) is 40.5. The number of nitrogens with zero attached hydrogens (tertiary/aromatic N) is 1. The number of ketones is 1. The minimum Gasteiger partial charge on any atom is -0.491 e. The number of aldehydes is 1. The van der Waals surface area contributed by atoms with Gasteiger partial charge < -0.3 is 39.8 Å². The number of rotatable bonds is 18. The molecule has 1 aliphatic carbocycles. The van der Waals surface area contributed by atoms with Gasteiger partial charge in [-0.3, -0.25) is 19.4 Å². The number of ether oxygens (including phenoxy) is 4. The Morgan fingerprint density at radius 2 is 1.65 bits per heavy atom. The van der Waals surface area contributed by atoms with Crippen molar-refractivity contribution in [2.24, 2.45) is 22.7 Å². The van der Waals surface area contributed by atoms with Crippen LogP contribution in [0.15, 0.2) is 75.9 Å². The van der Waals surface area contributed by atoms with Crippen LogP contribution in [0.2, 0.25) is 0 Å². The number of aliphatic hydroxyl groups excluding tert-OH is 2. The lowest BCUT2D eigenvalue weighted by atomic mass is 9.59. The van der Waals surface area contributed by atoms with E-state index in [4.69, 9.17) is 23.9 Å². The van der Waals surface area contributed by atoms with Crippen LogP contribution < -0.4 is 24.8 Å². The molecule has 7 rings (SSSR count). The van der Waals surface area contributed by atoms with Gasteiger partial charge in [0.1, 0.15) is 29.5 Å². The number of carbonyl (C=O) groups is 3. The minimum atomic E-state index is -1.73. The molecular formula is C54H69N3O9. The molecule has 1 amide bonds. The summed E-state index contributed by atoms with van der Waals surface area (Å²) in [4.78, 5) is 48.2. The fourth-order valence-electron chi connectivity index (χ4n) is 11.0. The number of carbonyl (C=O) groups excluding carboxylic acids is 3. The van der Waals surface area contributed by atoms with E-state index in [0.717, 1.165) is 35.0 Å². The molecular weight excluding hydrogens is 835 g/mol. The van der Waals surface area contributed by atoms with Crippen molar-refractivity contribution in [1.82, 2.24) is 10.6 Å². The molecule has 6 atom stereocenters. The number of hydrogen-bond donors (Lipinski definition) is 4. The maximum atomic E-state index is 14.7. The number of fused-ring (bicyclic) bond motifs is 7. The number of allylic oxidation sites excluding steroid dienone is 4. The molecule has 2 aromatic carbocycles. The van der Waals surface area contributed by atoms with Crippen LogP contribution in [0.4, 0.5) is 0 Å². The summed E-state index contributed by atoms with van der Waals surface area (Å²) in [7, 11) is 0. The lowest BCUT2D eigenvalue weighted by Crippen LogP contribution is -2.64. The third-order valence-electron chi connectivity index (χ3n) is 14.0. The summed E-state index contributed by atoms with van der Waals surface area (Å²) in [5.41, 5.74) is 3.08. The number of amides is 1. The molecule has 4 aliphatic heterocycles. The van der Waals surface area contributed by atoms with E-state index in [-0.39, 0.29) is 44.5 Å². The third kappa shape index (κ3) is 8.43. The van der Waals surface area contributed by atoms with Crippen LogP contribution in [-0.2, 0) is 20.7 Å². The van der Waals surface area contributed by atoms with Gasteiger partial charge in [0.25, 0.3) is 0 Å². The lowest BCUT2D eigenvalue weighted by molar-refractivity contribution is -0.152. The molecule has 0 aromatic heterocycles. The van der Waals surface area contributed by atoms with Crippen molar-refractivity contribution in [3.63, 3.8) is 0 Å². The van der Waals surface area contributed by atoms with Gasteiger partial charge in [-0.15, -0.1) is 0 Å². The van der Waals surface area contributed by atoms with Gasteiger partial charge in [-0.25, -0.2) is 0 Å². The monoisotopic (exact) mass is 904 g/mol. The van der Waals surface area contributed by atoms with Crippen LogP contribution in [0.3, 0.4) is 0 Å². The van der Waals surface area contributed by atoms with E-state index in [2.05, 4.69) is 76.5 Å². The predicted octanol–water partition coefficient (Wildman–Crippen LogP) is 8.08. The standard InChI is InChI=1S/C54H69N3O9/c1-11-40-51(8,9)66-53(31-60,24-20-34(6)50(62)56-26-29-59)54(40)43-35(7)41-44(36-16-12-13-17-37(36)46(41)61)57-45(43)42-48(63-30-27-55-25-28-58)39-21-23-52(10,22-14-15-32(2)3)64-47(39)38(49(42)65-54)19-18-33(4)5/h12-13,15-18,20-21,23,31,35,40-41,55,58-59H,11,14,19,22,24-30H2,1-10H3,(H,56,62)/b34-20-. The van der Waals surface area contributed by atoms with Gasteiger partial charge in [-0.1, -0.05) is 67.5 Å². The Balaban J connectivity index is 1.61. The zero-order chi connectivity index (χ0) is 47.8. The van der Waals surface area contributed by atoms with E-state index in [0.29, 0.717) is 83.3 Å². The highest BCUT2D eigenvalue weighted by Crippen LogP contribution is 2.67. The minimum absolute atomic E-state index is 0.0216. The summed E-state index contributed by atoms with van der Waals surface area (Å²) in [6, 6.07) is 7.60. The van der Waals surface area contributed by atoms with Crippen LogP contribution in [0.5, 0.6) is 17.2 Å². The molecule has 6 unspecified atom stereocenters. The molecule has 12 heteroatoms. The summed E-state index contributed by atoms with van der Waals surface area (Å²) in [5, 5.41) is 25.0. The van der Waals surface area contributed by atoms with Crippen LogP contribution in [0.25, 0.3) is 11.8 Å². The molecule has 5 aliphatic rings. The largest absolute Gasteiger partial charge is 0.491 e. The number of benzene rings is 2. The van der Waals surface area contributed by atoms with Crippen LogP contribution >= 0.6 is 0 Å². The molecule has 0 saturated carbocycles. The third-order valence-corrected chi connectivity index (χ3v) is 14.0. The molecule has 12 nitrogen and oxygen atoms in total. The van der Waals surface area contributed by atoms with Gasteiger partial charge in [0.15, 0.2) is 23.3 Å². The van der Waals surface area contributed by atoms with Crippen LogP contribution in [0.1, 0.15) is 128 Å². The number of Topliss-reactive ketones (excluding diaryl/α,β-unsaturated/α-hetero) is 1. The second-order valence-electron chi connectivity index (χ2n) is 19.6. The molecule has 4 N–H and O–H groups in total. The average Bonchev–Trinajstić information content (AvgIpc) is 3.66. The first-order chi connectivity index (χ1) is 31.4. The summed E-state index contributed by atoms with van der Waals surface area (Å²) in [5.74, 6) is -0.529. The number of aliphatic hydroxyl groups is 2. The second kappa shape index (κ2) is 19.2. The second-order valence-corrected chi connectivity index (χ2v) is 19.6. The van der Waals surface area contributed by atoms with E-state index in [1.165, 1.54) is 5.57 Å². The van der Waals surface area contributed by atoms with Crippen molar-refractivity contribution in [2.75, 3.05) is 39.5 Å². The van der Waals surface area contributed by atoms with Gasteiger partial charge in [-0.05, 0) is 99.1 Å². The van der Waals surface area contributed by atoms with E-state index >= 15 is 0 Å². The van der Waals surface area contributed by atoms with Gasteiger partial charge >= 0.3 is 0 Å². The topological polar surface area (TPSA) is 165 Å². The van der Waals surface area contributed by atoms with E-state index < -0.39 is 40.2 Å². The SMILES string of the molecule is CCC1C(C)(C)OC(C=O)(C/C=C(/C)C(=O)NCCO)C12Oc1c(CC=C(C)C)c3c(c(OCCNCCO)c1C1=C2C(C)C2C(=O)c4ccccc4C2=N1)C=CC(C)(CCC=C(C)C)O3. The number of aliphatic imine (C=N–C) groups is 1. The molecule has 2 aromatic rings. The van der Waals surface area contributed by atoms with Gasteiger partial charge in [0.05, 0.1) is 47.3 Å². The molecule has 0 bridgehead atoms. The van der Waals surface area contributed by atoms with Crippen molar-refractivity contribution in [3.05, 3.63) is 98.7 Å². The maximum absolute atomic E-state index is 14.7. The first-order valence-electron chi connectivity index (χ1n) is 23.6. The van der Waals surface area contributed by atoms with Gasteiger partial charge in [0, 0.05) is 59.8 Å². The van der Waals surface area contributed by atoms with Crippen molar-refractivity contribution < 1.29 is 43.5 Å². The van der Waals surface area contributed by atoms with Gasteiger partial charge in [0.2, 0.25) is 5.91 Å². The Bertz CT molecular complexity index is 2450. The lowest BCUT2D eigenvalue weighted by Gasteiger charge is -2.52. The van der Waals surface area contributed by atoms with E-state index in [1.807, 2.05) is 45.0 Å². The maximum Gasteiger partial charge on any atom is 0.246 e. The van der Waals surface area contributed by atoms with E-state index in [1.54, 1.807) is 13.0 Å². The smallest absolute Gasteiger partial charge is 0.246 e. The molecule has 1 saturated heterocycles. The highest BCUT2D eigenvalue weighted by atomic mass is 16.6. The summed E-state index contributed by atoms with van der Waals surface area (Å²) < 4.78 is 29.3. The zero-order valence-corrected chi connectivity index (χ0v) is 40.5. The predicted molar refractivity (Wildman–Crippen MR) is 258 cm³/mol. The Morgan fingerprint density at radius 3 is 2.32 bits per heavy atom. The fraction of sp³-hybridized carbons (Fsp3) is 0.519. The molecule has 1 fully saturated rings. The van der Waals surface area contributed by atoms with Crippen LogP contribution in [-0.4, -0.2) is 95.8 Å². The highest BCUT2D eigenvalue weighted by Gasteiger charge is 2.74. The Hall–Kier alpha value is -5.14. The Morgan fingerprint density at radius 1 is 0.939 bits per heavy atom. The number of nitrogens with one attached hydrogen (secondary N) is 2. The summed E-state index contributed by atoms with van der Waals surface area (Å²) in [6.45, 7) is 21.0. The molecule has 0 radical (unpaired) electrons. The normalized spacial score (nSPS) is 26.5. The average molecular weight is 904 g/mol. The molecule has 4 heterocycles. The van der Waals surface area contributed by atoms with Crippen molar-refractivity contribution in [1.29, 1.82) is 0 Å². The van der Waals surface area contributed by atoms with Crippen molar-refractivity contribution >= 4 is 35.5 Å². The highest BCUT2D eigenvalue weighted by molar-refractivity contribution is 6.30. The molecule has 66 heavy (non-hydrogen) atoms. The van der Waals surface area contributed by atoms with Crippen molar-refractivity contribution in [3.8, 4) is 17.2 Å². The first-order valence-corrected chi connectivity index (χ1v) is 23.6. The Labute approximate surface area is 390 Å². The van der Waals surface area contributed by atoms with E-state index in [9.17, 15) is 24.6 Å². The van der Waals surface area contributed by atoms with Crippen LogP contribution in [0, 0.1) is 17.8 Å².